The van der Waals surface area contributed by atoms with Crippen LogP contribution in [-0.4, -0.2) is 47.2 Å². The van der Waals surface area contributed by atoms with Gasteiger partial charge in [-0.1, -0.05) is 0 Å². The Kier molecular flexibility index (Phi) is 6.70. The first-order chi connectivity index (χ1) is 13.2. The predicted octanol–water partition coefficient (Wildman–Crippen LogP) is 2.93. The number of hydrogen-bond acceptors (Lipinski definition) is 7. The fourth-order valence-corrected chi connectivity index (χ4v) is 3.35. The van der Waals surface area contributed by atoms with Crippen molar-refractivity contribution in [1.29, 1.82) is 0 Å². The van der Waals surface area contributed by atoms with Gasteiger partial charge in [-0.15, -0.1) is 0 Å². The van der Waals surface area contributed by atoms with Crippen LogP contribution in [0.4, 0.5) is 11.6 Å². The van der Waals surface area contributed by atoms with E-state index in [1.165, 1.54) is 0 Å². The van der Waals surface area contributed by atoms with Crippen LogP contribution < -0.4 is 20.5 Å². The molecule has 1 aromatic heterocycles. The van der Waals surface area contributed by atoms with Crippen LogP contribution in [0.2, 0.25) is 0 Å². The highest BCUT2D eigenvalue weighted by Gasteiger charge is 2.20. The molecule has 2 aromatic rings. The zero-order valence-corrected chi connectivity index (χ0v) is 16.1. The van der Waals surface area contributed by atoms with Crippen LogP contribution in [0.3, 0.4) is 0 Å². The third kappa shape index (κ3) is 5.23. The van der Waals surface area contributed by atoms with E-state index in [1.807, 2.05) is 32.0 Å². The summed E-state index contributed by atoms with van der Waals surface area (Å²) in [5, 5.41) is 3.42. The molecule has 1 saturated heterocycles. The fraction of sp³-hybridized carbons (Fsp3) is 0.500. The lowest BCUT2D eigenvalue weighted by Crippen LogP contribution is -2.39. The Morgan fingerprint density at radius 3 is 2.22 bits per heavy atom. The summed E-state index contributed by atoms with van der Waals surface area (Å²) in [5.74, 6) is 2.12. The largest absolute Gasteiger partial charge is 0.492 e. The molecule has 3 N–H and O–H groups in total. The van der Waals surface area contributed by atoms with Gasteiger partial charge >= 0.3 is 0 Å². The van der Waals surface area contributed by atoms with Crippen molar-refractivity contribution in [3.05, 3.63) is 36.2 Å². The monoisotopic (exact) mass is 371 g/mol. The Balaban J connectivity index is 1.59. The van der Waals surface area contributed by atoms with Gasteiger partial charge in [0.15, 0.2) is 0 Å². The van der Waals surface area contributed by atoms with E-state index < -0.39 is 0 Å². The molecule has 0 unspecified atom stereocenters. The van der Waals surface area contributed by atoms with Crippen molar-refractivity contribution >= 4 is 11.6 Å². The number of piperidine rings is 1. The smallest absolute Gasteiger partial charge is 0.222 e. The van der Waals surface area contributed by atoms with Crippen LogP contribution in [0.25, 0.3) is 0 Å². The molecule has 0 atom stereocenters. The number of benzene rings is 1. The van der Waals surface area contributed by atoms with Crippen molar-refractivity contribution in [2.75, 3.05) is 37.4 Å². The lowest BCUT2D eigenvalue weighted by atomic mass is 10.0. The molecule has 0 bridgehead atoms. The topological polar surface area (TPSA) is 85.5 Å². The van der Waals surface area contributed by atoms with Gasteiger partial charge < -0.3 is 20.5 Å². The van der Waals surface area contributed by atoms with Crippen molar-refractivity contribution in [1.82, 2.24) is 14.9 Å². The van der Waals surface area contributed by atoms with E-state index in [1.54, 1.807) is 12.4 Å². The number of aromatic nitrogens is 2. The Morgan fingerprint density at radius 2 is 1.67 bits per heavy atom. The number of nitrogens with two attached hydrogens (primary N) is 1. The molecule has 2 heterocycles. The molecule has 0 saturated carbocycles. The predicted molar refractivity (Wildman–Crippen MR) is 107 cm³/mol. The third-order valence-corrected chi connectivity index (χ3v) is 4.66. The number of nitrogens with zero attached hydrogens (tertiary/aromatic N) is 3. The minimum atomic E-state index is 0.410. The standard InChI is InChI=1S/C20H29N5O2/c1-3-26-17-12-15(13-18(19(17)21)27-4-2)14-25-10-6-16(7-11-25)24-20-22-8-5-9-23-20/h5,8-9,12-13,16H,3-4,6-7,10-11,14,21H2,1-2H3,(H,22,23,24). The Labute approximate surface area is 160 Å². The molecule has 146 valence electrons. The van der Waals surface area contributed by atoms with E-state index in [0.29, 0.717) is 42.4 Å². The second-order valence-electron chi connectivity index (χ2n) is 6.64. The highest BCUT2D eigenvalue weighted by atomic mass is 16.5. The van der Waals surface area contributed by atoms with Gasteiger partial charge in [0.25, 0.3) is 0 Å². The molecule has 0 radical (unpaired) electrons. The molecule has 0 aliphatic carbocycles. The van der Waals surface area contributed by atoms with Crippen LogP contribution in [0, 0.1) is 0 Å². The van der Waals surface area contributed by atoms with Crippen LogP contribution >= 0.6 is 0 Å². The quantitative estimate of drug-likeness (QED) is 0.690. The molecule has 1 aromatic carbocycles. The second kappa shape index (κ2) is 9.41. The summed E-state index contributed by atoms with van der Waals surface area (Å²) in [5.41, 5.74) is 7.90. The van der Waals surface area contributed by atoms with E-state index in [0.717, 1.165) is 38.0 Å². The van der Waals surface area contributed by atoms with Crippen LogP contribution in [0.5, 0.6) is 11.5 Å². The minimum Gasteiger partial charge on any atom is -0.492 e. The molecular formula is C20H29N5O2. The molecule has 1 aliphatic heterocycles. The first kappa shape index (κ1) is 19.2. The lowest BCUT2D eigenvalue weighted by molar-refractivity contribution is 0.210. The first-order valence-corrected chi connectivity index (χ1v) is 9.63. The van der Waals surface area contributed by atoms with Gasteiger partial charge in [0.05, 0.1) is 13.2 Å². The van der Waals surface area contributed by atoms with Gasteiger partial charge in [0, 0.05) is 38.1 Å². The average Bonchev–Trinajstić information content (AvgIpc) is 2.68. The average molecular weight is 371 g/mol. The van der Waals surface area contributed by atoms with Crippen molar-refractivity contribution in [3.63, 3.8) is 0 Å². The number of ether oxygens (including phenoxy) is 2. The number of likely N-dealkylation sites (tertiary alicyclic amines) is 1. The van der Waals surface area contributed by atoms with E-state index in [9.17, 15) is 0 Å². The number of nitrogen functional groups attached to an aromatic ring is 1. The van der Waals surface area contributed by atoms with Crippen molar-refractivity contribution in [2.45, 2.75) is 39.3 Å². The van der Waals surface area contributed by atoms with Gasteiger partial charge in [0.2, 0.25) is 5.95 Å². The SMILES string of the molecule is CCOc1cc(CN2CCC(Nc3ncccn3)CC2)cc(OCC)c1N. The van der Waals surface area contributed by atoms with Gasteiger partial charge in [0.1, 0.15) is 17.2 Å². The summed E-state index contributed by atoms with van der Waals surface area (Å²) in [6, 6.07) is 6.30. The molecule has 27 heavy (non-hydrogen) atoms. The van der Waals surface area contributed by atoms with E-state index in [4.69, 9.17) is 15.2 Å². The summed E-state index contributed by atoms with van der Waals surface area (Å²) in [4.78, 5) is 10.9. The number of rotatable bonds is 8. The van der Waals surface area contributed by atoms with Gasteiger partial charge in [-0.2, -0.15) is 0 Å². The number of anilines is 2. The molecule has 1 fully saturated rings. The van der Waals surface area contributed by atoms with Crippen LogP contribution in [-0.2, 0) is 6.54 Å². The molecule has 7 nitrogen and oxygen atoms in total. The molecule has 0 spiro atoms. The van der Waals surface area contributed by atoms with Crippen molar-refractivity contribution in [3.8, 4) is 11.5 Å². The fourth-order valence-electron chi connectivity index (χ4n) is 3.35. The van der Waals surface area contributed by atoms with E-state index in [2.05, 4.69) is 20.2 Å². The normalized spacial score (nSPS) is 15.5. The van der Waals surface area contributed by atoms with Crippen LogP contribution in [0.1, 0.15) is 32.3 Å². The Morgan fingerprint density at radius 1 is 1.07 bits per heavy atom. The third-order valence-electron chi connectivity index (χ3n) is 4.66. The number of hydrogen-bond donors (Lipinski definition) is 2. The number of nitrogens with one attached hydrogen (secondary N) is 1. The van der Waals surface area contributed by atoms with Gasteiger partial charge in [-0.25, -0.2) is 9.97 Å². The summed E-state index contributed by atoms with van der Waals surface area (Å²) < 4.78 is 11.4. The highest BCUT2D eigenvalue weighted by molar-refractivity contribution is 5.64. The molecule has 7 heteroatoms. The van der Waals surface area contributed by atoms with Gasteiger partial charge in [-0.05, 0) is 50.5 Å². The summed E-state index contributed by atoms with van der Waals surface area (Å²) in [6.45, 7) is 7.97. The summed E-state index contributed by atoms with van der Waals surface area (Å²) in [7, 11) is 0. The summed E-state index contributed by atoms with van der Waals surface area (Å²) in [6.07, 6.45) is 5.64. The van der Waals surface area contributed by atoms with E-state index in [-0.39, 0.29) is 0 Å². The maximum Gasteiger partial charge on any atom is 0.222 e. The van der Waals surface area contributed by atoms with Crippen LogP contribution in [0.15, 0.2) is 30.6 Å². The molecule has 1 aliphatic rings. The molecule has 3 rings (SSSR count). The highest BCUT2D eigenvalue weighted by Crippen LogP contribution is 2.34. The molecule has 0 amide bonds. The zero-order valence-electron chi connectivity index (χ0n) is 16.1. The maximum atomic E-state index is 6.17. The Bertz CT molecular complexity index is 691. The Hall–Kier alpha value is -2.54. The first-order valence-electron chi connectivity index (χ1n) is 9.63. The summed E-state index contributed by atoms with van der Waals surface area (Å²) >= 11 is 0. The minimum absolute atomic E-state index is 0.410. The second-order valence-corrected chi connectivity index (χ2v) is 6.64. The zero-order chi connectivity index (χ0) is 19.1. The lowest BCUT2D eigenvalue weighted by Gasteiger charge is -2.32. The van der Waals surface area contributed by atoms with Crippen molar-refractivity contribution < 1.29 is 9.47 Å². The molecular weight excluding hydrogens is 342 g/mol. The maximum absolute atomic E-state index is 6.17. The van der Waals surface area contributed by atoms with Gasteiger partial charge in [-0.3, -0.25) is 4.90 Å². The van der Waals surface area contributed by atoms with Crippen molar-refractivity contribution in [2.24, 2.45) is 0 Å². The van der Waals surface area contributed by atoms with E-state index >= 15 is 0 Å².